The maximum absolute atomic E-state index is 12.9. The van der Waals surface area contributed by atoms with Gasteiger partial charge in [0.15, 0.2) is 0 Å². The van der Waals surface area contributed by atoms with Crippen LogP contribution in [-0.4, -0.2) is 55.1 Å². The topological polar surface area (TPSA) is 117 Å². The number of nitriles is 1. The van der Waals surface area contributed by atoms with Crippen LogP contribution in [0, 0.1) is 18.3 Å². The normalized spacial score (nSPS) is 14.2. The van der Waals surface area contributed by atoms with Gasteiger partial charge in [0.25, 0.3) is 15.9 Å². The van der Waals surface area contributed by atoms with Crippen LogP contribution in [0.2, 0.25) is 0 Å². The zero-order valence-corrected chi connectivity index (χ0v) is 19.2. The van der Waals surface area contributed by atoms with Crippen molar-refractivity contribution in [2.24, 2.45) is 7.05 Å². The average Bonchev–Trinajstić information content (AvgIpc) is 3.37. The van der Waals surface area contributed by atoms with E-state index in [1.54, 1.807) is 35.6 Å². The first-order chi connectivity index (χ1) is 15.3. The second-order valence-corrected chi connectivity index (χ2v) is 9.99. The molecule has 1 N–H and O–H groups in total. The molecule has 1 aliphatic heterocycles. The molecule has 0 bridgehead atoms. The van der Waals surface area contributed by atoms with E-state index in [0.717, 1.165) is 0 Å². The molecule has 11 heteroatoms. The molecule has 4 rings (SSSR count). The van der Waals surface area contributed by atoms with Crippen molar-refractivity contribution in [2.75, 3.05) is 31.0 Å². The summed E-state index contributed by atoms with van der Waals surface area (Å²) in [4.78, 5) is 19.8. The summed E-state index contributed by atoms with van der Waals surface area (Å²) >= 11 is 1.25. The Hall–Kier alpha value is -3.20. The fraction of sp³-hybridized carbons (Fsp3) is 0.286. The molecule has 3 heterocycles. The lowest BCUT2D eigenvalue weighted by Crippen LogP contribution is -2.40. The van der Waals surface area contributed by atoms with E-state index in [9.17, 15) is 13.2 Å². The zero-order chi connectivity index (χ0) is 22.9. The molecule has 0 atom stereocenters. The van der Waals surface area contributed by atoms with Crippen LogP contribution in [0.4, 0.5) is 5.69 Å². The molecule has 1 aromatic carbocycles. The number of amides is 1. The Morgan fingerprint density at radius 3 is 2.59 bits per heavy atom. The van der Waals surface area contributed by atoms with E-state index in [-0.39, 0.29) is 10.8 Å². The predicted molar refractivity (Wildman–Crippen MR) is 120 cm³/mol. The highest BCUT2D eigenvalue weighted by atomic mass is 32.2. The molecule has 0 radical (unpaired) electrons. The monoisotopic (exact) mass is 471 g/mol. The van der Waals surface area contributed by atoms with Crippen molar-refractivity contribution in [1.29, 1.82) is 5.26 Å². The molecule has 1 amide bonds. The SMILES string of the molecule is Cc1nc(-c2cc(S(=O)(=O)Nc3ccc(C#N)cc3)cn2C)sc1C(=O)N1CCOCC1. The van der Waals surface area contributed by atoms with E-state index < -0.39 is 10.0 Å². The number of hydrogen-bond acceptors (Lipinski definition) is 7. The molecular weight excluding hydrogens is 450 g/mol. The number of anilines is 1. The van der Waals surface area contributed by atoms with Gasteiger partial charge in [-0.3, -0.25) is 9.52 Å². The Morgan fingerprint density at radius 2 is 1.94 bits per heavy atom. The van der Waals surface area contributed by atoms with Gasteiger partial charge in [0.2, 0.25) is 0 Å². The number of rotatable bonds is 5. The van der Waals surface area contributed by atoms with Crippen LogP contribution in [0.3, 0.4) is 0 Å². The van der Waals surface area contributed by atoms with Gasteiger partial charge in [-0.15, -0.1) is 11.3 Å². The first-order valence-corrected chi connectivity index (χ1v) is 12.1. The number of nitrogens with one attached hydrogen (secondary N) is 1. The molecule has 0 saturated carbocycles. The molecule has 9 nitrogen and oxygen atoms in total. The number of nitrogens with zero attached hydrogens (tertiary/aromatic N) is 4. The Bertz CT molecular complexity index is 1300. The van der Waals surface area contributed by atoms with Crippen molar-refractivity contribution in [3.8, 4) is 16.8 Å². The van der Waals surface area contributed by atoms with Gasteiger partial charge in [0.05, 0.1) is 36.2 Å². The van der Waals surface area contributed by atoms with Crippen molar-refractivity contribution in [3.05, 3.63) is 52.7 Å². The fourth-order valence-corrected chi connectivity index (χ4v) is 5.56. The minimum atomic E-state index is -3.85. The van der Waals surface area contributed by atoms with Crippen LogP contribution in [-0.2, 0) is 21.8 Å². The molecule has 0 unspecified atom stereocenters. The van der Waals surface area contributed by atoms with Crippen molar-refractivity contribution in [2.45, 2.75) is 11.8 Å². The molecule has 0 aliphatic carbocycles. The molecule has 1 saturated heterocycles. The number of sulfonamides is 1. The predicted octanol–water partition coefficient (Wildman–Crippen LogP) is 2.60. The molecule has 166 valence electrons. The van der Waals surface area contributed by atoms with Crippen molar-refractivity contribution < 1.29 is 17.9 Å². The Morgan fingerprint density at radius 1 is 1.25 bits per heavy atom. The van der Waals surface area contributed by atoms with Gasteiger partial charge in [-0.2, -0.15) is 5.26 Å². The van der Waals surface area contributed by atoms with E-state index in [0.29, 0.717) is 58.8 Å². The maximum Gasteiger partial charge on any atom is 0.266 e. The van der Waals surface area contributed by atoms with Gasteiger partial charge in [-0.1, -0.05) is 0 Å². The summed E-state index contributed by atoms with van der Waals surface area (Å²) < 4.78 is 35.2. The van der Waals surface area contributed by atoms with Crippen LogP contribution in [0.5, 0.6) is 0 Å². The van der Waals surface area contributed by atoms with Crippen LogP contribution < -0.4 is 4.72 Å². The van der Waals surface area contributed by atoms with Crippen LogP contribution in [0.1, 0.15) is 20.9 Å². The van der Waals surface area contributed by atoms with E-state index in [1.807, 2.05) is 6.07 Å². The van der Waals surface area contributed by atoms with Crippen molar-refractivity contribution in [3.63, 3.8) is 0 Å². The van der Waals surface area contributed by atoms with Crippen LogP contribution in [0.25, 0.3) is 10.7 Å². The number of morpholine rings is 1. The zero-order valence-electron chi connectivity index (χ0n) is 17.5. The summed E-state index contributed by atoms with van der Waals surface area (Å²) in [7, 11) is -2.11. The fourth-order valence-electron chi connectivity index (χ4n) is 3.34. The third-order valence-corrected chi connectivity index (χ3v) is 7.58. The van der Waals surface area contributed by atoms with E-state index in [1.165, 1.54) is 35.7 Å². The summed E-state index contributed by atoms with van der Waals surface area (Å²) in [5.74, 6) is -0.0842. The van der Waals surface area contributed by atoms with Crippen molar-refractivity contribution >= 4 is 33.0 Å². The summed E-state index contributed by atoms with van der Waals surface area (Å²) in [5, 5.41) is 9.46. The van der Waals surface area contributed by atoms with Gasteiger partial charge in [0, 0.05) is 32.0 Å². The highest BCUT2D eigenvalue weighted by molar-refractivity contribution is 7.92. The lowest BCUT2D eigenvalue weighted by atomic mass is 10.2. The molecular formula is C21H21N5O4S2. The van der Waals surface area contributed by atoms with E-state index >= 15 is 0 Å². The standard InChI is InChI=1S/C21H21N5O4S2/c1-14-19(21(27)26-7-9-30-10-8-26)31-20(23-14)18-11-17(13-25(18)2)32(28,29)24-16-5-3-15(12-22)4-6-16/h3-6,11,13,24H,7-10H2,1-2H3. The van der Waals surface area contributed by atoms with Crippen LogP contribution >= 0.6 is 11.3 Å². The first-order valence-electron chi connectivity index (χ1n) is 9.82. The number of aryl methyl sites for hydroxylation is 2. The molecule has 0 spiro atoms. The summed E-state index contributed by atoms with van der Waals surface area (Å²) in [5.41, 5.74) is 2.01. The number of carbonyl (C=O) groups excluding carboxylic acids is 1. The van der Waals surface area contributed by atoms with Gasteiger partial charge in [-0.05, 0) is 37.3 Å². The average molecular weight is 472 g/mol. The molecule has 1 aliphatic rings. The highest BCUT2D eigenvalue weighted by Crippen LogP contribution is 2.31. The molecule has 32 heavy (non-hydrogen) atoms. The number of ether oxygens (including phenoxy) is 1. The van der Waals surface area contributed by atoms with E-state index in [4.69, 9.17) is 10.00 Å². The lowest BCUT2D eigenvalue weighted by Gasteiger charge is -2.26. The minimum absolute atomic E-state index is 0.0771. The Balaban J connectivity index is 1.59. The smallest absolute Gasteiger partial charge is 0.266 e. The maximum atomic E-state index is 12.9. The van der Waals surface area contributed by atoms with Crippen LogP contribution in [0.15, 0.2) is 41.4 Å². The van der Waals surface area contributed by atoms with Gasteiger partial charge in [0.1, 0.15) is 14.8 Å². The van der Waals surface area contributed by atoms with Crippen molar-refractivity contribution in [1.82, 2.24) is 14.5 Å². The number of hydrogen-bond donors (Lipinski definition) is 1. The van der Waals surface area contributed by atoms with Gasteiger partial charge < -0.3 is 14.2 Å². The third-order valence-electron chi connectivity index (χ3n) is 5.06. The largest absolute Gasteiger partial charge is 0.378 e. The first kappa shape index (κ1) is 22.0. The molecule has 2 aromatic heterocycles. The number of carbonyl (C=O) groups is 1. The second-order valence-electron chi connectivity index (χ2n) is 7.30. The summed E-state index contributed by atoms with van der Waals surface area (Å²) in [6.07, 6.45) is 1.50. The lowest BCUT2D eigenvalue weighted by molar-refractivity contribution is 0.0305. The highest BCUT2D eigenvalue weighted by Gasteiger charge is 2.25. The number of aromatic nitrogens is 2. The van der Waals surface area contributed by atoms with Gasteiger partial charge in [-0.25, -0.2) is 13.4 Å². The quantitative estimate of drug-likeness (QED) is 0.611. The summed E-state index contributed by atoms with van der Waals surface area (Å²) in [6.45, 7) is 3.89. The van der Waals surface area contributed by atoms with Gasteiger partial charge >= 0.3 is 0 Å². The Labute approximate surface area is 189 Å². The van der Waals surface area contributed by atoms with E-state index in [2.05, 4.69) is 9.71 Å². The summed E-state index contributed by atoms with van der Waals surface area (Å²) in [6, 6.07) is 9.68. The minimum Gasteiger partial charge on any atom is -0.378 e. The second kappa shape index (κ2) is 8.74. The number of benzene rings is 1. The molecule has 1 fully saturated rings. The number of thiazole rings is 1. The Kier molecular flexibility index (Phi) is 6.01. The third kappa shape index (κ3) is 4.38. The molecule has 3 aromatic rings.